The number of para-hydroxylation sites is 1. The van der Waals surface area contributed by atoms with Gasteiger partial charge in [-0.25, -0.2) is 8.42 Å². The molecule has 0 amide bonds. The van der Waals surface area contributed by atoms with Crippen LogP contribution in [0.3, 0.4) is 0 Å². The molecule has 0 unspecified atom stereocenters. The Hall–Kier alpha value is -1.28. The molecular formula is C14H18F3NO3S. The molecule has 4 nitrogen and oxygen atoms in total. The van der Waals surface area contributed by atoms with Gasteiger partial charge in [-0.3, -0.25) is 4.90 Å². The fourth-order valence-corrected chi connectivity index (χ4v) is 4.05. The SMILES string of the molecule is C[C@H]1CS(=O)(=O)CCN1Cc1ccccc1OCC(F)(F)F. The van der Waals surface area contributed by atoms with E-state index in [0.29, 0.717) is 18.7 Å². The molecule has 0 aliphatic carbocycles. The van der Waals surface area contributed by atoms with Crippen LogP contribution in [0.2, 0.25) is 0 Å². The molecule has 1 aliphatic rings. The van der Waals surface area contributed by atoms with E-state index in [2.05, 4.69) is 0 Å². The van der Waals surface area contributed by atoms with Crippen LogP contribution in [0.1, 0.15) is 12.5 Å². The molecule has 1 aliphatic heterocycles. The number of rotatable bonds is 4. The first-order valence-corrected chi connectivity index (χ1v) is 8.70. The summed E-state index contributed by atoms with van der Waals surface area (Å²) in [5.41, 5.74) is 0.623. The number of alkyl halides is 3. The third kappa shape index (κ3) is 4.88. The van der Waals surface area contributed by atoms with Crippen molar-refractivity contribution in [2.45, 2.75) is 25.7 Å². The Bertz CT molecular complexity index is 616. The molecule has 124 valence electrons. The number of halogens is 3. The largest absolute Gasteiger partial charge is 0.484 e. The predicted octanol–water partition coefficient (Wildman–Crippen LogP) is 2.25. The molecule has 0 radical (unpaired) electrons. The molecule has 0 bridgehead atoms. The Morgan fingerprint density at radius 3 is 2.64 bits per heavy atom. The summed E-state index contributed by atoms with van der Waals surface area (Å²) >= 11 is 0. The van der Waals surface area contributed by atoms with Gasteiger partial charge in [-0.15, -0.1) is 0 Å². The van der Waals surface area contributed by atoms with Crippen LogP contribution in [-0.4, -0.2) is 50.2 Å². The highest BCUT2D eigenvalue weighted by atomic mass is 32.2. The number of nitrogens with zero attached hydrogens (tertiary/aromatic N) is 1. The monoisotopic (exact) mass is 337 g/mol. The van der Waals surface area contributed by atoms with Crippen molar-refractivity contribution in [3.05, 3.63) is 29.8 Å². The van der Waals surface area contributed by atoms with Gasteiger partial charge in [0.2, 0.25) is 0 Å². The van der Waals surface area contributed by atoms with Crippen molar-refractivity contribution < 1.29 is 26.3 Å². The van der Waals surface area contributed by atoms with Crippen LogP contribution in [0.5, 0.6) is 5.75 Å². The third-order valence-electron chi connectivity index (χ3n) is 3.55. The van der Waals surface area contributed by atoms with Crippen molar-refractivity contribution >= 4 is 9.84 Å². The minimum absolute atomic E-state index is 0.0680. The molecule has 1 heterocycles. The van der Waals surface area contributed by atoms with Gasteiger partial charge in [-0.2, -0.15) is 13.2 Å². The summed E-state index contributed by atoms with van der Waals surface area (Å²) in [6, 6.07) is 6.35. The zero-order valence-corrected chi connectivity index (χ0v) is 13.0. The zero-order valence-electron chi connectivity index (χ0n) is 12.1. The van der Waals surface area contributed by atoms with Crippen LogP contribution >= 0.6 is 0 Å². The molecule has 22 heavy (non-hydrogen) atoms. The summed E-state index contributed by atoms with van der Waals surface area (Å²) in [6.07, 6.45) is -4.39. The maximum Gasteiger partial charge on any atom is 0.422 e. The van der Waals surface area contributed by atoms with E-state index in [0.717, 1.165) is 0 Å². The van der Waals surface area contributed by atoms with Crippen molar-refractivity contribution in [3.63, 3.8) is 0 Å². The van der Waals surface area contributed by atoms with E-state index < -0.39 is 22.6 Å². The number of ether oxygens (including phenoxy) is 1. The van der Waals surface area contributed by atoms with E-state index in [1.165, 1.54) is 6.07 Å². The van der Waals surface area contributed by atoms with Crippen LogP contribution in [0.15, 0.2) is 24.3 Å². The van der Waals surface area contributed by atoms with Crippen LogP contribution in [0.4, 0.5) is 13.2 Å². The fourth-order valence-electron chi connectivity index (χ4n) is 2.42. The average molecular weight is 337 g/mol. The van der Waals surface area contributed by atoms with Crippen LogP contribution < -0.4 is 4.74 Å². The van der Waals surface area contributed by atoms with Crippen LogP contribution in [0, 0.1) is 0 Å². The Kier molecular flexibility index (Phi) is 5.01. The van der Waals surface area contributed by atoms with Crippen molar-refractivity contribution in [1.29, 1.82) is 0 Å². The normalized spacial score (nSPS) is 22.5. The van der Waals surface area contributed by atoms with E-state index in [9.17, 15) is 21.6 Å². The number of hydrogen-bond acceptors (Lipinski definition) is 4. The topological polar surface area (TPSA) is 46.6 Å². The number of hydrogen-bond donors (Lipinski definition) is 0. The Labute approximate surface area is 127 Å². The first-order valence-electron chi connectivity index (χ1n) is 6.88. The second kappa shape index (κ2) is 6.45. The van der Waals surface area contributed by atoms with Gasteiger partial charge in [-0.05, 0) is 13.0 Å². The summed E-state index contributed by atoms with van der Waals surface area (Å²) in [6.45, 7) is 1.20. The average Bonchev–Trinajstić information content (AvgIpc) is 2.39. The Morgan fingerprint density at radius 1 is 1.32 bits per heavy atom. The van der Waals surface area contributed by atoms with Gasteiger partial charge >= 0.3 is 6.18 Å². The predicted molar refractivity (Wildman–Crippen MR) is 76.5 cm³/mol. The lowest BCUT2D eigenvalue weighted by atomic mass is 10.1. The lowest BCUT2D eigenvalue weighted by Gasteiger charge is -2.33. The molecule has 1 aromatic rings. The fraction of sp³-hybridized carbons (Fsp3) is 0.571. The highest BCUT2D eigenvalue weighted by molar-refractivity contribution is 7.91. The van der Waals surface area contributed by atoms with Gasteiger partial charge < -0.3 is 4.74 Å². The van der Waals surface area contributed by atoms with Gasteiger partial charge in [0, 0.05) is 24.7 Å². The molecule has 0 aromatic heterocycles. The minimum atomic E-state index is -4.39. The van der Waals surface area contributed by atoms with Crippen molar-refractivity contribution in [2.75, 3.05) is 24.7 Å². The third-order valence-corrected chi connectivity index (χ3v) is 5.34. The molecule has 0 saturated carbocycles. The smallest absolute Gasteiger partial charge is 0.422 e. The van der Waals surface area contributed by atoms with Crippen molar-refractivity contribution in [3.8, 4) is 5.75 Å². The van der Waals surface area contributed by atoms with Crippen molar-refractivity contribution in [1.82, 2.24) is 4.90 Å². The lowest BCUT2D eigenvalue weighted by molar-refractivity contribution is -0.153. The van der Waals surface area contributed by atoms with Gasteiger partial charge in [0.1, 0.15) is 5.75 Å². The molecule has 1 atom stereocenters. The highest BCUT2D eigenvalue weighted by Gasteiger charge is 2.30. The molecule has 1 aromatic carbocycles. The summed E-state index contributed by atoms with van der Waals surface area (Å²) in [5, 5.41) is 0. The maximum absolute atomic E-state index is 12.3. The van der Waals surface area contributed by atoms with Gasteiger partial charge in [-0.1, -0.05) is 18.2 Å². The minimum Gasteiger partial charge on any atom is -0.484 e. The van der Waals surface area contributed by atoms with E-state index in [1.54, 1.807) is 25.1 Å². The number of sulfone groups is 1. The molecule has 1 saturated heterocycles. The summed E-state index contributed by atoms with van der Waals surface area (Å²) in [5.74, 6) is 0.321. The highest BCUT2D eigenvalue weighted by Crippen LogP contribution is 2.25. The van der Waals surface area contributed by atoms with Gasteiger partial charge in [0.25, 0.3) is 0 Å². The summed E-state index contributed by atoms with van der Waals surface area (Å²) in [4.78, 5) is 1.94. The lowest BCUT2D eigenvalue weighted by Crippen LogP contribution is -2.46. The van der Waals surface area contributed by atoms with Crippen LogP contribution in [-0.2, 0) is 16.4 Å². The zero-order chi connectivity index (χ0) is 16.4. The van der Waals surface area contributed by atoms with E-state index in [1.807, 2.05) is 4.90 Å². The maximum atomic E-state index is 12.3. The molecule has 1 fully saturated rings. The molecule has 0 spiro atoms. The van der Waals surface area contributed by atoms with E-state index >= 15 is 0 Å². The second-order valence-electron chi connectivity index (χ2n) is 5.45. The quantitative estimate of drug-likeness (QED) is 0.845. The van der Waals surface area contributed by atoms with E-state index in [-0.39, 0.29) is 23.3 Å². The van der Waals surface area contributed by atoms with Crippen molar-refractivity contribution in [2.24, 2.45) is 0 Å². The first-order chi connectivity index (χ1) is 10.2. The molecule has 2 rings (SSSR count). The second-order valence-corrected chi connectivity index (χ2v) is 7.67. The summed E-state index contributed by atoms with van der Waals surface area (Å²) < 4.78 is 64.8. The molecule has 8 heteroatoms. The van der Waals surface area contributed by atoms with E-state index in [4.69, 9.17) is 4.74 Å². The van der Waals surface area contributed by atoms with Crippen LogP contribution in [0.25, 0.3) is 0 Å². The number of benzene rings is 1. The Balaban J connectivity index is 2.07. The molecular weight excluding hydrogens is 319 g/mol. The summed E-state index contributed by atoms with van der Waals surface area (Å²) in [7, 11) is -3.02. The molecule has 0 N–H and O–H groups in total. The van der Waals surface area contributed by atoms with Gasteiger partial charge in [0.05, 0.1) is 11.5 Å². The standard InChI is InChI=1S/C14H18F3NO3S/c1-11-9-22(19,20)7-6-18(11)8-12-4-2-3-5-13(12)21-10-14(15,16)17/h2-5,11H,6-10H2,1H3/t11-/m0/s1. The first kappa shape index (κ1) is 17.1. The Morgan fingerprint density at radius 2 is 2.00 bits per heavy atom. The van der Waals surface area contributed by atoms with Gasteiger partial charge in [0.15, 0.2) is 16.4 Å².